The van der Waals surface area contributed by atoms with Crippen LogP contribution in [-0.4, -0.2) is 43.2 Å². The fourth-order valence-electron chi connectivity index (χ4n) is 3.02. The molecule has 2 aromatic heterocycles. The van der Waals surface area contributed by atoms with Gasteiger partial charge in [0.25, 0.3) is 0 Å². The molecule has 3 heterocycles. The molecule has 0 radical (unpaired) electrons. The quantitative estimate of drug-likeness (QED) is 0.854. The SMILES string of the molecule is CC1CCN(C(=O)C(C)n2nc(-c3ccccn3)n(C)c2=O)CC1. The number of likely N-dealkylation sites (tertiary alicyclic amines) is 1. The van der Waals surface area contributed by atoms with Crippen molar-refractivity contribution in [3.8, 4) is 11.5 Å². The van der Waals surface area contributed by atoms with E-state index in [4.69, 9.17) is 0 Å². The van der Waals surface area contributed by atoms with E-state index in [0.717, 1.165) is 25.9 Å². The van der Waals surface area contributed by atoms with E-state index in [2.05, 4.69) is 17.0 Å². The summed E-state index contributed by atoms with van der Waals surface area (Å²) in [6.07, 6.45) is 3.67. The molecule has 0 aliphatic carbocycles. The van der Waals surface area contributed by atoms with Crippen molar-refractivity contribution < 1.29 is 4.79 Å². The number of rotatable bonds is 3. The lowest BCUT2D eigenvalue weighted by Gasteiger charge is -2.31. The van der Waals surface area contributed by atoms with Crippen LogP contribution < -0.4 is 5.69 Å². The van der Waals surface area contributed by atoms with Crippen LogP contribution in [0.1, 0.15) is 32.7 Å². The second-order valence-corrected chi connectivity index (χ2v) is 6.51. The minimum Gasteiger partial charge on any atom is -0.341 e. The second kappa shape index (κ2) is 6.59. The Morgan fingerprint density at radius 1 is 1.29 bits per heavy atom. The summed E-state index contributed by atoms with van der Waals surface area (Å²) in [4.78, 5) is 31.3. The van der Waals surface area contributed by atoms with E-state index < -0.39 is 6.04 Å². The molecule has 2 aromatic rings. The van der Waals surface area contributed by atoms with Gasteiger partial charge in [0.05, 0.1) is 0 Å². The average Bonchev–Trinajstić information content (AvgIpc) is 2.91. The largest absolute Gasteiger partial charge is 0.346 e. The van der Waals surface area contributed by atoms with Crippen LogP contribution >= 0.6 is 0 Å². The third-order valence-corrected chi connectivity index (χ3v) is 4.72. The molecule has 128 valence electrons. The third kappa shape index (κ3) is 2.98. The maximum Gasteiger partial charge on any atom is 0.346 e. The molecule has 1 unspecified atom stereocenters. The smallest absolute Gasteiger partial charge is 0.341 e. The van der Waals surface area contributed by atoms with E-state index in [1.807, 2.05) is 17.0 Å². The van der Waals surface area contributed by atoms with Crippen molar-refractivity contribution in [2.45, 2.75) is 32.7 Å². The summed E-state index contributed by atoms with van der Waals surface area (Å²) in [6, 6.07) is 4.83. The van der Waals surface area contributed by atoms with Crippen molar-refractivity contribution in [1.29, 1.82) is 0 Å². The van der Waals surface area contributed by atoms with Gasteiger partial charge in [-0.05, 0) is 37.8 Å². The summed E-state index contributed by atoms with van der Waals surface area (Å²) in [5.74, 6) is 1.07. The van der Waals surface area contributed by atoms with E-state index in [-0.39, 0.29) is 11.6 Å². The normalized spacial score (nSPS) is 17.0. The third-order valence-electron chi connectivity index (χ3n) is 4.72. The van der Waals surface area contributed by atoms with Crippen molar-refractivity contribution in [3.63, 3.8) is 0 Å². The minimum absolute atomic E-state index is 0.0466. The van der Waals surface area contributed by atoms with Crippen molar-refractivity contribution in [1.82, 2.24) is 24.2 Å². The van der Waals surface area contributed by atoms with Gasteiger partial charge in [0.1, 0.15) is 11.7 Å². The second-order valence-electron chi connectivity index (χ2n) is 6.51. The number of pyridine rings is 1. The van der Waals surface area contributed by atoms with Gasteiger partial charge in [-0.1, -0.05) is 13.0 Å². The molecule has 0 N–H and O–H groups in total. The van der Waals surface area contributed by atoms with E-state index >= 15 is 0 Å². The van der Waals surface area contributed by atoms with Gasteiger partial charge in [-0.15, -0.1) is 5.10 Å². The highest BCUT2D eigenvalue weighted by molar-refractivity contribution is 5.80. The van der Waals surface area contributed by atoms with E-state index in [9.17, 15) is 9.59 Å². The predicted molar refractivity (Wildman–Crippen MR) is 90.4 cm³/mol. The molecular weight excluding hydrogens is 306 g/mol. The first-order valence-corrected chi connectivity index (χ1v) is 8.34. The van der Waals surface area contributed by atoms with Crippen LogP contribution in [0.2, 0.25) is 0 Å². The summed E-state index contributed by atoms with van der Waals surface area (Å²) < 4.78 is 2.70. The maximum atomic E-state index is 12.7. The summed E-state index contributed by atoms with van der Waals surface area (Å²) in [6.45, 7) is 5.43. The van der Waals surface area contributed by atoms with Crippen LogP contribution in [0, 0.1) is 5.92 Å². The Morgan fingerprint density at radius 3 is 2.62 bits per heavy atom. The molecule has 3 rings (SSSR count). The molecule has 24 heavy (non-hydrogen) atoms. The van der Waals surface area contributed by atoms with Crippen LogP contribution in [0.5, 0.6) is 0 Å². The van der Waals surface area contributed by atoms with Crippen LogP contribution in [0.15, 0.2) is 29.2 Å². The molecule has 0 saturated carbocycles. The Kier molecular flexibility index (Phi) is 4.51. The number of hydrogen-bond acceptors (Lipinski definition) is 4. The van der Waals surface area contributed by atoms with Gasteiger partial charge < -0.3 is 4.90 Å². The number of nitrogens with zero attached hydrogens (tertiary/aromatic N) is 5. The summed E-state index contributed by atoms with van der Waals surface area (Å²) in [5.41, 5.74) is 0.309. The topological polar surface area (TPSA) is 73.0 Å². The van der Waals surface area contributed by atoms with Gasteiger partial charge in [0, 0.05) is 26.3 Å². The number of aromatic nitrogens is 4. The standard InChI is InChI=1S/C17H23N5O2/c1-12-7-10-21(11-8-12)16(23)13(2)22-17(24)20(3)15(19-22)14-6-4-5-9-18-14/h4-6,9,12-13H,7-8,10-11H2,1-3H3. The van der Waals surface area contributed by atoms with E-state index in [0.29, 0.717) is 17.4 Å². The highest BCUT2D eigenvalue weighted by atomic mass is 16.2. The zero-order valence-corrected chi connectivity index (χ0v) is 14.3. The molecule has 1 saturated heterocycles. The van der Waals surface area contributed by atoms with Gasteiger partial charge in [-0.25, -0.2) is 9.48 Å². The molecule has 0 bridgehead atoms. The lowest BCUT2D eigenvalue weighted by molar-refractivity contribution is -0.136. The fourth-order valence-corrected chi connectivity index (χ4v) is 3.02. The number of carbonyl (C=O) groups excluding carboxylic acids is 1. The van der Waals surface area contributed by atoms with Crippen molar-refractivity contribution in [2.24, 2.45) is 13.0 Å². The minimum atomic E-state index is -0.616. The van der Waals surface area contributed by atoms with E-state index in [1.165, 1.54) is 9.25 Å². The van der Waals surface area contributed by atoms with Gasteiger partial charge in [0.15, 0.2) is 5.82 Å². The molecule has 1 fully saturated rings. The molecule has 7 nitrogen and oxygen atoms in total. The highest BCUT2D eigenvalue weighted by Crippen LogP contribution is 2.19. The fraction of sp³-hybridized carbons (Fsp3) is 0.529. The molecule has 0 spiro atoms. The lowest BCUT2D eigenvalue weighted by Crippen LogP contribution is -2.43. The Morgan fingerprint density at radius 2 is 2.00 bits per heavy atom. The summed E-state index contributed by atoms with van der Waals surface area (Å²) >= 11 is 0. The number of carbonyl (C=O) groups is 1. The van der Waals surface area contributed by atoms with Crippen LogP contribution in [0.3, 0.4) is 0 Å². The zero-order valence-electron chi connectivity index (χ0n) is 14.3. The molecule has 1 atom stereocenters. The first-order valence-electron chi connectivity index (χ1n) is 8.34. The van der Waals surface area contributed by atoms with Crippen LogP contribution in [0.25, 0.3) is 11.5 Å². The van der Waals surface area contributed by atoms with Gasteiger partial charge >= 0.3 is 5.69 Å². The number of hydrogen-bond donors (Lipinski definition) is 0. The van der Waals surface area contributed by atoms with Crippen LogP contribution in [0.4, 0.5) is 0 Å². The highest BCUT2D eigenvalue weighted by Gasteiger charge is 2.28. The molecule has 7 heteroatoms. The number of piperidine rings is 1. The first-order chi connectivity index (χ1) is 11.5. The van der Waals surface area contributed by atoms with Crippen molar-refractivity contribution in [2.75, 3.05) is 13.1 Å². The van der Waals surface area contributed by atoms with E-state index in [1.54, 1.807) is 26.2 Å². The molecule has 1 amide bonds. The van der Waals surface area contributed by atoms with Crippen LogP contribution in [-0.2, 0) is 11.8 Å². The van der Waals surface area contributed by atoms with Gasteiger partial charge in [-0.3, -0.25) is 14.3 Å². The molecule has 1 aliphatic rings. The first kappa shape index (κ1) is 16.4. The molecular formula is C17H23N5O2. The predicted octanol–water partition coefficient (Wildman–Crippen LogP) is 1.46. The van der Waals surface area contributed by atoms with Gasteiger partial charge in [0.2, 0.25) is 5.91 Å². The monoisotopic (exact) mass is 329 g/mol. The van der Waals surface area contributed by atoms with Crippen molar-refractivity contribution >= 4 is 5.91 Å². The maximum absolute atomic E-state index is 12.7. The summed E-state index contributed by atoms with van der Waals surface area (Å²) in [5, 5.41) is 4.37. The molecule has 1 aliphatic heterocycles. The lowest BCUT2D eigenvalue weighted by atomic mass is 9.99. The Hall–Kier alpha value is -2.44. The Balaban J connectivity index is 1.87. The average molecular weight is 329 g/mol. The van der Waals surface area contributed by atoms with Gasteiger partial charge in [-0.2, -0.15) is 0 Å². The Labute approximate surface area is 140 Å². The summed E-state index contributed by atoms with van der Waals surface area (Å²) in [7, 11) is 1.65. The zero-order chi connectivity index (χ0) is 17.3. The molecule has 0 aromatic carbocycles. The number of amides is 1. The Bertz CT molecular complexity index is 772. The van der Waals surface area contributed by atoms with Crippen molar-refractivity contribution in [3.05, 3.63) is 34.9 Å².